The maximum absolute atomic E-state index is 13.3. The molecular weight excluding hydrogens is 414 g/mol. The molecule has 2 rings (SSSR count). The van der Waals surface area contributed by atoms with E-state index in [1.54, 1.807) is 0 Å². The Morgan fingerprint density at radius 2 is 1.54 bits per heavy atom. The minimum atomic E-state index is -5.35. The van der Waals surface area contributed by atoms with Crippen molar-refractivity contribution in [3.05, 3.63) is 60.2 Å². The summed E-state index contributed by atoms with van der Waals surface area (Å²) in [6, 6.07) is 8.73. The van der Waals surface area contributed by atoms with Gasteiger partial charge in [0.25, 0.3) is 10.0 Å². The van der Waals surface area contributed by atoms with E-state index >= 15 is 0 Å². The summed E-state index contributed by atoms with van der Waals surface area (Å²) in [6.07, 6.45) is -10.1. The topological polar surface area (TPSA) is 66.5 Å². The van der Waals surface area contributed by atoms with Gasteiger partial charge in [0, 0.05) is 5.69 Å². The van der Waals surface area contributed by atoms with Gasteiger partial charge in [-0.25, -0.2) is 8.42 Å². The molecule has 0 atom stereocenters. The Kier molecular flexibility index (Phi) is 5.92. The average molecular weight is 426 g/mol. The summed E-state index contributed by atoms with van der Waals surface area (Å²) < 4.78 is 101. The highest BCUT2D eigenvalue weighted by Gasteiger charge is 2.46. The minimum Gasteiger partial charge on any atom is -0.325 e. The van der Waals surface area contributed by atoms with Crippen LogP contribution < -0.4 is 9.62 Å². The fourth-order valence-corrected chi connectivity index (χ4v) is 3.52. The number of alkyl halides is 6. The zero-order valence-electron chi connectivity index (χ0n) is 13.8. The number of anilines is 2. The van der Waals surface area contributed by atoms with Crippen LogP contribution in [-0.4, -0.2) is 26.4 Å². The van der Waals surface area contributed by atoms with Crippen LogP contribution >= 0.6 is 0 Å². The van der Waals surface area contributed by atoms with Gasteiger partial charge < -0.3 is 5.32 Å². The predicted octanol–water partition coefficient (Wildman–Crippen LogP) is 4.00. The molecule has 2 aromatic rings. The zero-order chi connectivity index (χ0) is 21.2. The van der Waals surface area contributed by atoms with E-state index in [-0.39, 0.29) is 0 Å². The fraction of sp³-hybridized carbons (Fsp3) is 0.188. The Labute approximate surface area is 155 Å². The van der Waals surface area contributed by atoms with Crippen molar-refractivity contribution in [1.82, 2.24) is 0 Å². The number of carbonyl (C=O) groups is 1. The van der Waals surface area contributed by atoms with Gasteiger partial charge in [-0.3, -0.25) is 4.79 Å². The number of nitrogens with zero attached hydrogens (tertiary/aromatic N) is 1. The van der Waals surface area contributed by atoms with E-state index < -0.39 is 55.4 Å². The maximum Gasteiger partial charge on any atom is 0.498 e. The molecule has 0 aromatic heterocycles. The largest absolute Gasteiger partial charge is 0.498 e. The highest BCUT2D eigenvalue weighted by molar-refractivity contribution is 7.93. The summed E-state index contributed by atoms with van der Waals surface area (Å²) in [5, 5.41) is 1.86. The SMILES string of the molecule is O=C(CS(=O)(=O)N(c1ccccc1)C(F)(F)F)Nc1cccc(C(F)(F)F)c1. The predicted molar refractivity (Wildman–Crippen MR) is 88.8 cm³/mol. The first-order chi connectivity index (χ1) is 12.8. The lowest BCUT2D eigenvalue weighted by Crippen LogP contribution is -2.46. The molecule has 0 bridgehead atoms. The van der Waals surface area contributed by atoms with E-state index in [1.807, 2.05) is 5.32 Å². The molecule has 0 radical (unpaired) electrons. The van der Waals surface area contributed by atoms with Crippen molar-refractivity contribution in [3.63, 3.8) is 0 Å². The van der Waals surface area contributed by atoms with Crippen molar-refractivity contribution in [3.8, 4) is 0 Å². The molecular formula is C16H12F6N2O3S. The second-order valence-electron chi connectivity index (χ2n) is 5.45. The van der Waals surface area contributed by atoms with Crippen molar-refractivity contribution in [2.75, 3.05) is 15.4 Å². The van der Waals surface area contributed by atoms with Gasteiger partial charge in [0.2, 0.25) is 5.91 Å². The molecule has 152 valence electrons. The van der Waals surface area contributed by atoms with Crippen LogP contribution in [0.4, 0.5) is 37.7 Å². The number of para-hydroxylation sites is 1. The number of rotatable bonds is 5. The molecule has 0 unspecified atom stereocenters. The monoisotopic (exact) mass is 426 g/mol. The van der Waals surface area contributed by atoms with E-state index in [0.29, 0.717) is 12.1 Å². The van der Waals surface area contributed by atoms with Crippen molar-refractivity contribution in [2.45, 2.75) is 12.5 Å². The summed E-state index contributed by atoms with van der Waals surface area (Å²) in [5.74, 6) is -3.05. The lowest BCUT2D eigenvalue weighted by Gasteiger charge is -2.26. The summed E-state index contributed by atoms with van der Waals surface area (Å²) >= 11 is 0. The van der Waals surface area contributed by atoms with Crippen LogP contribution in [0.25, 0.3) is 0 Å². The van der Waals surface area contributed by atoms with Gasteiger partial charge in [-0.05, 0) is 30.3 Å². The number of benzene rings is 2. The Morgan fingerprint density at radius 1 is 0.929 bits per heavy atom. The number of amides is 1. The minimum absolute atomic E-state index is 0.409. The summed E-state index contributed by atoms with van der Waals surface area (Å²) in [6.45, 7) is 0. The number of carbonyl (C=O) groups excluding carboxylic acids is 1. The van der Waals surface area contributed by atoms with Crippen LogP contribution in [0, 0.1) is 0 Å². The molecule has 0 fully saturated rings. The second-order valence-corrected chi connectivity index (χ2v) is 7.27. The standard InChI is InChI=1S/C16H12F6N2O3S/c17-15(18,19)11-5-4-6-12(9-11)23-14(25)10-28(26,27)24(16(20,21)22)13-7-2-1-3-8-13/h1-9H,10H2,(H,23,25). The number of sulfonamides is 1. The van der Waals surface area contributed by atoms with Gasteiger partial charge in [0.1, 0.15) is 5.75 Å². The molecule has 12 heteroatoms. The first kappa shape index (κ1) is 21.5. The van der Waals surface area contributed by atoms with Crippen LogP contribution in [0.1, 0.15) is 5.56 Å². The molecule has 0 aliphatic heterocycles. The summed E-state index contributed by atoms with van der Waals surface area (Å²) in [5.41, 5.74) is -2.26. The average Bonchev–Trinajstić information content (AvgIpc) is 2.53. The van der Waals surface area contributed by atoms with Crippen LogP contribution in [0.5, 0.6) is 0 Å². The van der Waals surface area contributed by atoms with Crippen LogP contribution in [0.15, 0.2) is 54.6 Å². The molecule has 1 N–H and O–H groups in total. The molecule has 5 nitrogen and oxygen atoms in total. The van der Waals surface area contributed by atoms with Crippen LogP contribution in [0.3, 0.4) is 0 Å². The Balaban J connectivity index is 2.24. The molecule has 28 heavy (non-hydrogen) atoms. The van der Waals surface area contributed by atoms with E-state index in [9.17, 15) is 39.6 Å². The second kappa shape index (κ2) is 7.70. The smallest absolute Gasteiger partial charge is 0.325 e. The Morgan fingerprint density at radius 3 is 2.07 bits per heavy atom. The van der Waals surface area contributed by atoms with Gasteiger partial charge >= 0.3 is 12.5 Å². The molecule has 2 aromatic carbocycles. The highest BCUT2D eigenvalue weighted by Crippen LogP contribution is 2.32. The van der Waals surface area contributed by atoms with Gasteiger partial charge in [-0.15, -0.1) is 13.2 Å². The van der Waals surface area contributed by atoms with Gasteiger partial charge in [-0.2, -0.15) is 17.5 Å². The highest BCUT2D eigenvalue weighted by atomic mass is 32.2. The van der Waals surface area contributed by atoms with E-state index in [2.05, 4.69) is 0 Å². The Hall–Kier alpha value is -2.76. The quantitative estimate of drug-likeness (QED) is 0.581. The number of halogens is 6. The van der Waals surface area contributed by atoms with Gasteiger partial charge in [-0.1, -0.05) is 24.3 Å². The third-order valence-electron chi connectivity index (χ3n) is 3.29. The number of hydrogen-bond acceptors (Lipinski definition) is 3. The third-order valence-corrected chi connectivity index (χ3v) is 4.89. The lowest BCUT2D eigenvalue weighted by molar-refractivity contribution is -0.137. The molecule has 0 spiro atoms. The summed E-state index contributed by atoms with van der Waals surface area (Å²) in [7, 11) is -5.22. The first-order valence-corrected chi connectivity index (χ1v) is 9.03. The fourth-order valence-electron chi connectivity index (χ4n) is 2.23. The lowest BCUT2D eigenvalue weighted by atomic mass is 10.2. The normalized spacial score (nSPS) is 12.5. The van der Waals surface area contributed by atoms with E-state index in [1.165, 1.54) is 18.2 Å². The number of hydrogen-bond donors (Lipinski definition) is 1. The van der Waals surface area contributed by atoms with Crippen molar-refractivity contribution < 1.29 is 39.6 Å². The van der Waals surface area contributed by atoms with Crippen LogP contribution in [0.2, 0.25) is 0 Å². The van der Waals surface area contributed by atoms with Crippen LogP contribution in [-0.2, 0) is 21.0 Å². The van der Waals surface area contributed by atoms with E-state index in [0.717, 1.165) is 24.3 Å². The van der Waals surface area contributed by atoms with Crippen molar-refractivity contribution in [1.29, 1.82) is 0 Å². The van der Waals surface area contributed by atoms with Gasteiger partial charge in [0.05, 0.1) is 11.3 Å². The molecule has 0 saturated carbocycles. The number of nitrogens with one attached hydrogen (secondary N) is 1. The molecule has 0 heterocycles. The third kappa shape index (κ3) is 5.38. The zero-order valence-corrected chi connectivity index (χ0v) is 14.6. The van der Waals surface area contributed by atoms with Gasteiger partial charge in [0.15, 0.2) is 0 Å². The van der Waals surface area contributed by atoms with E-state index in [4.69, 9.17) is 0 Å². The van der Waals surface area contributed by atoms with Crippen molar-refractivity contribution >= 4 is 27.3 Å². The first-order valence-electron chi connectivity index (χ1n) is 7.43. The molecule has 1 amide bonds. The molecule has 0 aliphatic carbocycles. The Bertz CT molecular complexity index is 943. The molecule has 0 aliphatic rings. The molecule has 0 saturated heterocycles. The maximum atomic E-state index is 13.3. The summed E-state index contributed by atoms with van der Waals surface area (Å²) in [4.78, 5) is 11.9. The van der Waals surface area contributed by atoms with Crippen molar-refractivity contribution in [2.24, 2.45) is 0 Å².